The average Bonchev–Trinajstić information content (AvgIpc) is 3.12. The van der Waals surface area contributed by atoms with Crippen molar-refractivity contribution < 1.29 is 9.53 Å². The van der Waals surface area contributed by atoms with Crippen molar-refractivity contribution in [3.63, 3.8) is 0 Å². The Morgan fingerprint density at radius 3 is 2.85 bits per heavy atom. The molecule has 1 aliphatic rings. The quantitative estimate of drug-likeness (QED) is 0.722. The summed E-state index contributed by atoms with van der Waals surface area (Å²) in [5, 5.41) is 4.31. The second-order valence-electron chi connectivity index (χ2n) is 6.63. The number of hydrogen-bond acceptors (Lipinski definition) is 5. The number of methoxy groups -OCH3 is 1. The van der Waals surface area contributed by atoms with E-state index < -0.39 is 0 Å². The van der Waals surface area contributed by atoms with Crippen molar-refractivity contribution >= 4 is 22.8 Å². The maximum atomic E-state index is 12.0. The van der Waals surface area contributed by atoms with Gasteiger partial charge < -0.3 is 14.6 Å². The van der Waals surface area contributed by atoms with Gasteiger partial charge in [-0.3, -0.25) is 0 Å². The SMILES string of the molecule is COC(=O)c1cccc2c1ccn2-c1ccnc(NC2CCCCC2)n1. The number of benzene rings is 1. The largest absolute Gasteiger partial charge is 0.465 e. The maximum absolute atomic E-state index is 12.0. The first-order valence-electron chi connectivity index (χ1n) is 9.04. The number of esters is 1. The van der Waals surface area contributed by atoms with Gasteiger partial charge in [0.2, 0.25) is 5.95 Å². The van der Waals surface area contributed by atoms with Crippen LogP contribution in [0, 0.1) is 0 Å². The molecule has 1 saturated carbocycles. The van der Waals surface area contributed by atoms with Crippen molar-refractivity contribution in [2.45, 2.75) is 38.1 Å². The van der Waals surface area contributed by atoms with Crippen LogP contribution in [0.5, 0.6) is 0 Å². The van der Waals surface area contributed by atoms with Crippen molar-refractivity contribution in [2.24, 2.45) is 0 Å². The lowest BCUT2D eigenvalue weighted by Gasteiger charge is -2.22. The van der Waals surface area contributed by atoms with Crippen LogP contribution < -0.4 is 5.32 Å². The third-order valence-electron chi connectivity index (χ3n) is 4.96. The minimum absolute atomic E-state index is 0.337. The number of nitrogens with one attached hydrogen (secondary N) is 1. The summed E-state index contributed by atoms with van der Waals surface area (Å²) in [6, 6.07) is 9.83. The number of rotatable bonds is 4. The van der Waals surface area contributed by atoms with Crippen LogP contribution in [0.15, 0.2) is 42.7 Å². The van der Waals surface area contributed by atoms with E-state index in [1.165, 1.54) is 39.2 Å². The van der Waals surface area contributed by atoms with E-state index in [0.29, 0.717) is 17.6 Å². The Balaban J connectivity index is 1.67. The van der Waals surface area contributed by atoms with Gasteiger partial charge in [0.25, 0.3) is 0 Å². The summed E-state index contributed by atoms with van der Waals surface area (Å²) in [7, 11) is 1.39. The highest BCUT2D eigenvalue weighted by Gasteiger charge is 2.16. The molecule has 0 saturated heterocycles. The molecular weight excluding hydrogens is 328 g/mol. The lowest BCUT2D eigenvalue weighted by molar-refractivity contribution is 0.0603. The molecule has 6 heteroatoms. The molecule has 1 aliphatic carbocycles. The van der Waals surface area contributed by atoms with Gasteiger partial charge >= 0.3 is 5.97 Å². The van der Waals surface area contributed by atoms with E-state index in [4.69, 9.17) is 4.74 Å². The van der Waals surface area contributed by atoms with Crippen molar-refractivity contribution in [3.8, 4) is 5.82 Å². The highest BCUT2D eigenvalue weighted by Crippen LogP contribution is 2.24. The van der Waals surface area contributed by atoms with Gasteiger partial charge in [-0.25, -0.2) is 9.78 Å². The van der Waals surface area contributed by atoms with Gasteiger partial charge in [-0.1, -0.05) is 25.3 Å². The molecule has 6 nitrogen and oxygen atoms in total. The fraction of sp³-hybridized carbons (Fsp3) is 0.350. The van der Waals surface area contributed by atoms with Gasteiger partial charge in [0.05, 0.1) is 18.2 Å². The summed E-state index contributed by atoms with van der Waals surface area (Å²) < 4.78 is 6.85. The first-order chi connectivity index (χ1) is 12.8. The summed E-state index contributed by atoms with van der Waals surface area (Å²) >= 11 is 0. The summed E-state index contributed by atoms with van der Waals surface area (Å²) in [6.07, 6.45) is 9.86. The molecule has 2 heterocycles. The summed E-state index contributed by atoms with van der Waals surface area (Å²) in [5.41, 5.74) is 1.47. The monoisotopic (exact) mass is 350 g/mol. The predicted molar refractivity (Wildman–Crippen MR) is 101 cm³/mol. The molecule has 0 radical (unpaired) electrons. The Kier molecular flexibility index (Phi) is 4.56. The van der Waals surface area contributed by atoms with Crippen LogP contribution in [-0.2, 0) is 4.74 Å². The zero-order chi connectivity index (χ0) is 17.9. The van der Waals surface area contributed by atoms with Gasteiger partial charge in [-0.2, -0.15) is 4.98 Å². The van der Waals surface area contributed by atoms with Gasteiger partial charge in [-0.15, -0.1) is 0 Å². The second kappa shape index (κ2) is 7.15. The van der Waals surface area contributed by atoms with Crippen LogP contribution >= 0.6 is 0 Å². The summed E-state index contributed by atoms with van der Waals surface area (Å²) in [6.45, 7) is 0. The Bertz CT molecular complexity index is 928. The number of fused-ring (bicyclic) bond motifs is 1. The van der Waals surface area contributed by atoms with Crippen LogP contribution in [0.2, 0.25) is 0 Å². The van der Waals surface area contributed by atoms with Gasteiger partial charge in [0.15, 0.2) is 0 Å². The molecular formula is C20H22N4O2. The lowest BCUT2D eigenvalue weighted by atomic mass is 9.96. The highest BCUT2D eigenvalue weighted by atomic mass is 16.5. The molecule has 1 aromatic carbocycles. The van der Waals surface area contributed by atoms with Crippen LogP contribution in [0.3, 0.4) is 0 Å². The fourth-order valence-electron chi connectivity index (χ4n) is 3.64. The van der Waals surface area contributed by atoms with Gasteiger partial charge in [0.1, 0.15) is 5.82 Å². The Hall–Kier alpha value is -2.89. The topological polar surface area (TPSA) is 69.0 Å². The smallest absolute Gasteiger partial charge is 0.338 e. The number of aromatic nitrogens is 3. The molecule has 134 valence electrons. The summed E-state index contributed by atoms with van der Waals surface area (Å²) in [4.78, 5) is 21.0. The van der Waals surface area contributed by atoms with E-state index in [1.807, 2.05) is 35.0 Å². The van der Waals surface area contributed by atoms with Crippen molar-refractivity contribution in [3.05, 3.63) is 48.3 Å². The minimum atomic E-state index is -0.337. The van der Waals surface area contributed by atoms with Gasteiger partial charge in [0, 0.05) is 23.8 Å². The average molecular weight is 350 g/mol. The lowest BCUT2D eigenvalue weighted by Crippen LogP contribution is -2.23. The molecule has 0 spiro atoms. The molecule has 2 aromatic heterocycles. The van der Waals surface area contributed by atoms with Crippen LogP contribution in [0.1, 0.15) is 42.5 Å². The van der Waals surface area contributed by atoms with Crippen LogP contribution in [-0.4, -0.2) is 33.7 Å². The second-order valence-corrected chi connectivity index (χ2v) is 6.63. The van der Waals surface area contributed by atoms with E-state index in [9.17, 15) is 4.79 Å². The number of nitrogens with zero attached hydrogens (tertiary/aromatic N) is 3. The van der Waals surface area contributed by atoms with E-state index in [-0.39, 0.29) is 5.97 Å². The predicted octanol–water partition coefficient (Wildman–Crippen LogP) is 3.95. The first kappa shape index (κ1) is 16.6. The van der Waals surface area contributed by atoms with Crippen molar-refractivity contribution in [2.75, 3.05) is 12.4 Å². The molecule has 3 aromatic rings. The number of carbonyl (C=O) groups excluding carboxylic acids is 1. The molecule has 0 atom stereocenters. The van der Waals surface area contributed by atoms with Crippen LogP contribution in [0.4, 0.5) is 5.95 Å². The third-order valence-corrected chi connectivity index (χ3v) is 4.96. The zero-order valence-corrected chi connectivity index (χ0v) is 14.8. The molecule has 1 N–H and O–H groups in total. The molecule has 0 amide bonds. The zero-order valence-electron chi connectivity index (χ0n) is 14.8. The van der Waals surface area contributed by atoms with Crippen molar-refractivity contribution in [1.82, 2.24) is 14.5 Å². The van der Waals surface area contributed by atoms with Gasteiger partial charge in [-0.05, 0) is 37.1 Å². The first-order valence-corrected chi connectivity index (χ1v) is 9.04. The molecule has 0 unspecified atom stereocenters. The molecule has 1 fully saturated rings. The number of carbonyl (C=O) groups is 1. The standard InChI is InChI=1S/C20H22N4O2/c1-26-19(25)16-8-5-9-17-15(16)11-13-24(17)18-10-12-21-20(23-18)22-14-6-3-2-4-7-14/h5,8-14H,2-4,6-7H2,1H3,(H,21,22,23). The maximum Gasteiger partial charge on any atom is 0.338 e. The van der Waals surface area contributed by atoms with E-state index in [0.717, 1.165) is 16.7 Å². The minimum Gasteiger partial charge on any atom is -0.465 e. The Labute approximate surface area is 152 Å². The third kappa shape index (κ3) is 3.14. The fourth-order valence-corrected chi connectivity index (χ4v) is 3.64. The Morgan fingerprint density at radius 2 is 2.04 bits per heavy atom. The number of hydrogen-bond donors (Lipinski definition) is 1. The highest BCUT2D eigenvalue weighted by molar-refractivity contribution is 6.04. The molecule has 4 rings (SSSR count). The van der Waals surface area contributed by atoms with Crippen LogP contribution in [0.25, 0.3) is 16.7 Å². The number of anilines is 1. The number of ether oxygens (including phenoxy) is 1. The van der Waals surface area contributed by atoms with Crippen molar-refractivity contribution in [1.29, 1.82) is 0 Å². The Morgan fingerprint density at radius 1 is 1.19 bits per heavy atom. The molecule has 0 aliphatic heterocycles. The van der Waals surface area contributed by atoms with E-state index in [1.54, 1.807) is 12.3 Å². The molecule has 0 bridgehead atoms. The van der Waals surface area contributed by atoms with E-state index >= 15 is 0 Å². The normalized spacial score (nSPS) is 15.1. The summed E-state index contributed by atoms with van der Waals surface area (Å²) in [5.74, 6) is 1.09. The van der Waals surface area contributed by atoms with E-state index in [2.05, 4.69) is 15.3 Å². The molecule has 26 heavy (non-hydrogen) atoms.